The van der Waals surface area contributed by atoms with Crippen LogP contribution in [0, 0.1) is 11.5 Å². The Bertz CT molecular complexity index is 155. The molecule has 0 spiro atoms. The maximum atomic E-state index is 7.99. The molecule has 0 unspecified atom stereocenters. The Kier molecular flexibility index (Phi) is 4.15. The molecule has 0 aliphatic carbocycles. The summed E-state index contributed by atoms with van der Waals surface area (Å²) in [7, 11) is 0. The van der Waals surface area contributed by atoms with Crippen molar-refractivity contribution in [1.82, 2.24) is 0 Å². The van der Waals surface area contributed by atoms with Gasteiger partial charge in [0.05, 0.1) is 0 Å². The zero-order valence-electron chi connectivity index (χ0n) is 5.29. The van der Waals surface area contributed by atoms with Gasteiger partial charge in [-0.05, 0) is 0 Å². The minimum atomic E-state index is 0.373. The molecule has 0 amide bonds. The number of rotatable bonds is 2. The lowest BCUT2D eigenvalue weighted by Crippen LogP contribution is -1.97. The second kappa shape index (κ2) is 4.85. The third-order valence-corrected chi connectivity index (χ3v) is 0.618. The first-order chi connectivity index (χ1) is 4.31. The molecule has 0 saturated heterocycles. The average molecular weight is 124 g/mol. The van der Waals surface area contributed by atoms with Crippen LogP contribution in [0.4, 0.5) is 0 Å². The van der Waals surface area contributed by atoms with E-state index in [1.165, 1.54) is 0 Å². The standard InChI is InChI=1S/C6H8N2O/c1-3-4-9-6(2)8-5-7/h3H,1,4H2,2H3. The summed E-state index contributed by atoms with van der Waals surface area (Å²) in [5, 5.41) is 7.99. The van der Waals surface area contributed by atoms with Gasteiger partial charge in [-0.2, -0.15) is 5.26 Å². The molecule has 0 aromatic heterocycles. The molecular formula is C6H8N2O. The predicted octanol–water partition coefficient (Wildman–Crippen LogP) is 1.09. The van der Waals surface area contributed by atoms with Crippen molar-refractivity contribution in [3.8, 4) is 6.19 Å². The highest BCUT2D eigenvalue weighted by atomic mass is 16.5. The molecule has 3 heteroatoms. The van der Waals surface area contributed by atoms with Crippen molar-refractivity contribution in [2.75, 3.05) is 6.61 Å². The first-order valence-corrected chi connectivity index (χ1v) is 2.48. The van der Waals surface area contributed by atoms with Crippen LogP contribution in [0.3, 0.4) is 0 Å². The van der Waals surface area contributed by atoms with Crippen LogP contribution in [0.5, 0.6) is 0 Å². The van der Waals surface area contributed by atoms with Crippen molar-refractivity contribution in [3.05, 3.63) is 12.7 Å². The number of aliphatic imine (C=N–C) groups is 1. The largest absolute Gasteiger partial charge is 0.476 e. The molecule has 0 rings (SSSR count). The van der Waals surface area contributed by atoms with Gasteiger partial charge < -0.3 is 4.74 Å². The Hall–Kier alpha value is -1.30. The van der Waals surface area contributed by atoms with Crippen molar-refractivity contribution in [2.45, 2.75) is 6.92 Å². The number of hydrogen-bond acceptors (Lipinski definition) is 3. The Morgan fingerprint density at radius 1 is 2.00 bits per heavy atom. The SMILES string of the molecule is C=CCOC(C)=NC#N. The van der Waals surface area contributed by atoms with Crippen LogP contribution >= 0.6 is 0 Å². The molecule has 0 saturated carbocycles. The van der Waals surface area contributed by atoms with E-state index in [4.69, 9.17) is 10.00 Å². The van der Waals surface area contributed by atoms with Crippen molar-refractivity contribution >= 4 is 5.90 Å². The molecule has 0 aliphatic heterocycles. The molecule has 9 heavy (non-hydrogen) atoms. The van der Waals surface area contributed by atoms with E-state index in [2.05, 4.69) is 11.6 Å². The summed E-state index contributed by atoms with van der Waals surface area (Å²) in [6.45, 7) is 5.45. The molecule has 0 bridgehead atoms. The first kappa shape index (κ1) is 7.70. The third kappa shape index (κ3) is 4.56. The summed E-state index contributed by atoms with van der Waals surface area (Å²) in [5.74, 6) is 0.373. The molecule has 0 N–H and O–H groups in total. The quantitative estimate of drug-likeness (QED) is 0.239. The summed E-state index contributed by atoms with van der Waals surface area (Å²) in [6.07, 6.45) is 3.20. The van der Waals surface area contributed by atoms with Crippen LogP contribution in [-0.2, 0) is 4.74 Å². The van der Waals surface area contributed by atoms with E-state index in [0.29, 0.717) is 12.5 Å². The predicted molar refractivity (Wildman–Crippen MR) is 34.9 cm³/mol. The average Bonchev–Trinajstić information content (AvgIpc) is 1.85. The fourth-order valence-electron chi connectivity index (χ4n) is 0.282. The van der Waals surface area contributed by atoms with Crippen LogP contribution in [0.25, 0.3) is 0 Å². The molecule has 0 aromatic rings. The smallest absolute Gasteiger partial charge is 0.208 e. The van der Waals surface area contributed by atoms with Gasteiger partial charge in [-0.25, -0.2) is 0 Å². The highest BCUT2D eigenvalue weighted by Gasteiger charge is 1.84. The highest BCUT2D eigenvalue weighted by molar-refractivity contribution is 5.74. The van der Waals surface area contributed by atoms with Crippen LogP contribution in [-0.4, -0.2) is 12.5 Å². The minimum Gasteiger partial charge on any atom is -0.476 e. The molecule has 48 valence electrons. The molecule has 0 radical (unpaired) electrons. The zero-order valence-corrected chi connectivity index (χ0v) is 5.29. The van der Waals surface area contributed by atoms with Crippen molar-refractivity contribution in [3.63, 3.8) is 0 Å². The van der Waals surface area contributed by atoms with E-state index >= 15 is 0 Å². The molecule has 0 fully saturated rings. The highest BCUT2D eigenvalue weighted by Crippen LogP contribution is 1.79. The van der Waals surface area contributed by atoms with Gasteiger partial charge in [0, 0.05) is 6.92 Å². The Balaban J connectivity index is 3.52. The van der Waals surface area contributed by atoms with E-state index in [0.717, 1.165) is 0 Å². The maximum absolute atomic E-state index is 7.99. The number of nitrogens with zero attached hydrogens (tertiary/aromatic N) is 2. The third-order valence-electron chi connectivity index (χ3n) is 0.618. The molecule has 0 heterocycles. The van der Waals surface area contributed by atoms with Crippen molar-refractivity contribution in [1.29, 1.82) is 5.26 Å². The van der Waals surface area contributed by atoms with Crippen molar-refractivity contribution < 1.29 is 4.74 Å². The monoisotopic (exact) mass is 124 g/mol. The lowest BCUT2D eigenvalue weighted by Gasteiger charge is -1.96. The molecule has 0 aromatic carbocycles. The summed E-state index contributed by atoms with van der Waals surface area (Å²) in [5.41, 5.74) is 0. The van der Waals surface area contributed by atoms with Crippen LogP contribution in [0.1, 0.15) is 6.92 Å². The molecule has 3 nitrogen and oxygen atoms in total. The number of hydrogen-bond donors (Lipinski definition) is 0. The molecule has 0 aliphatic rings. The second-order valence-corrected chi connectivity index (χ2v) is 1.33. The lowest BCUT2D eigenvalue weighted by atomic mass is 10.7. The van der Waals surface area contributed by atoms with E-state index < -0.39 is 0 Å². The van der Waals surface area contributed by atoms with Crippen LogP contribution in [0.2, 0.25) is 0 Å². The van der Waals surface area contributed by atoms with Gasteiger partial charge in [-0.1, -0.05) is 12.7 Å². The summed E-state index contributed by atoms with van der Waals surface area (Å²) in [4.78, 5) is 3.31. The Labute approximate surface area is 54.3 Å². The van der Waals surface area contributed by atoms with Crippen LogP contribution in [0.15, 0.2) is 17.6 Å². The molecule has 0 atom stereocenters. The van der Waals surface area contributed by atoms with Gasteiger partial charge in [0.15, 0.2) is 5.90 Å². The van der Waals surface area contributed by atoms with E-state index in [1.807, 2.05) is 0 Å². The zero-order chi connectivity index (χ0) is 7.11. The Morgan fingerprint density at radius 2 is 2.67 bits per heavy atom. The normalized spacial score (nSPS) is 10.0. The van der Waals surface area contributed by atoms with Gasteiger partial charge in [0.1, 0.15) is 6.61 Å². The van der Waals surface area contributed by atoms with Gasteiger partial charge in [0.25, 0.3) is 0 Å². The van der Waals surface area contributed by atoms with Gasteiger partial charge >= 0.3 is 0 Å². The van der Waals surface area contributed by atoms with Gasteiger partial charge in [-0.15, -0.1) is 4.99 Å². The second-order valence-electron chi connectivity index (χ2n) is 1.33. The van der Waals surface area contributed by atoms with E-state index in [-0.39, 0.29) is 0 Å². The number of nitriles is 1. The topological polar surface area (TPSA) is 45.4 Å². The minimum absolute atomic E-state index is 0.373. The maximum Gasteiger partial charge on any atom is 0.208 e. The van der Waals surface area contributed by atoms with E-state index in [9.17, 15) is 0 Å². The van der Waals surface area contributed by atoms with E-state index in [1.54, 1.807) is 19.2 Å². The fourth-order valence-corrected chi connectivity index (χ4v) is 0.282. The first-order valence-electron chi connectivity index (χ1n) is 2.48. The number of ether oxygens (including phenoxy) is 1. The summed E-state index contributed by atoms with van der Waals surface area (Å²) < 4.78 is 4.84. The van der Waals surface area contributed by atoms with Gasteiger partial charge in [0.2, 0.25) is 6.19 Å². The van der Waals surface area contributed by atoms with Gasteiger partial charge in [-0.3, -0.25) is 0 Å². The van der Waals surface area contributed by atoms with Crippen molar-refractivity contribution in [2.24, 2.45) is 4.99 Å². The lowest BCUT2D eigenvalue weighted by molar-refractivity contribution is 0.348. The summed E-state index contributed by atoms with van der Waals surface area (Å²) >= 11 is 0. The summed E-state index contributed by atoms with van der Waals surface area (Å²) in [6, 6.07) is 0. The molecular weight excluding hydrogens is 116 g/mol. The Morgan fingerprint density at radius 3 is 3.11 bits per heavy atom. The fraction of sp³-hybridized carbons (Fsp3) is 0.333. The van der Waals surface area contributed by atoms with Crippen LogP contribution < -0.4 is 0 Å².